The van der Waals surface area contributed by atoms with Crippen LogP contribution in [0.5, 0.6) is 0 Å². The van der Waals surface area contributed by atoms with Crippen LogP contribution >= 0.6 is 0 Å². The van der Waals surface area contributed by atoms with Gasteiger partial charge in [0.2, 0.25) is 0 Å². The van der Waals surface area contributed by atoms with Crippen LogP contribution in [0.2, 0.25) is 0 Å². The summed E-state index contributed by atoms with van der Waals surface area (Å²) in [4.78, 5) is 4.04. The van der Waals surface area contributed by atoms with Crippen molar-refractivity contribution in [3.63, 3.8) is 0 Å². The highest BCUT2D eigenvalue weighted by Gasteiger charge is 2.41. The first-order chi connectivity index (χ1) is 15.2. The van der Waals surface area contributed by atoms with Crippen molar-refractivity contribution in [1.29, 1.82) is 5.26 Å². The highest BCUT2D eigenvalue weighted by molar-refractivity contribution is 5.30. The van der Waals surface area contributed by atoms with Crippen molar-refractivity contribution in [2.45, 2.75) is 50.2 Å². The molecule has 0 bridgehead atoms. The number of nitrogens with one attached hydrogen (secondary N) is 1. The van der Waals surface area contributed by atoms with Gasteiger partial charge < -0.3 is 10.4 Å². The SMILES string of the molecule is C[C@H]1CC(O)(c2ccc(C(F)(F)F)cc2)C[C@@H](c2cn(Cc3ccc(C#N)nc3)nn2)N1. The van der Waals surface area contributed by atoms with E-state index >= 15 is 0 Å². The molecule has 2 N–H and O–H groups in total. The Labute approximate surface area is 182 Å². The summed E-state index contributed by atoms with van der Waals surface area (Å²) < 4.78 is 40.3. The van der Waals surface area contributed by atoms with Gasteiger partial charge in [0.1, 0.15) is 11.8 Å². The predicted molar refractivity (Wildman–Crippen MR) is 108 cm³/mol. The van der Waals surface area contributed by atoms with Crippen LogP contribution in [0.15, 0.2) is 48.8 Å². The third kappa shape index (κ3) is 4.64. The Morgan fingerprint density at radius 3 is 2.59 bits per heavy atom. The Morgan fingerprint density at radius 2 is 1.97 bits per heavy atom. The zero-order valence-corrected chi connectivity index (χ0v) is 17.2. The van der Waals surface area contributed by atoms with E-state index in [1.54, 1.807) is 29.2 Å². The molecule has 1 aromatic carbocycles. The van der Waals surface area contributed by atoms with E-state index in [0.29, 0.717) is 29.9 Å². The normalized spacial score (nSPS) is 23.6. The maximum Gasteiger partial charge on any atom is 0.416 e. The van der Waals surface area contributed by atoms with Gasteiger partial charge in [-0.2, -0.15) is 18.4 Å². The second-order valence-corrected chi connectivity index (χ2v) is 8.14. The van der Waals surface area contributed by atoms with Crippen molar-refractivity contribution in [3.05, 3.63) is 76.9 Å². The molecule has 1 aliphatic heterocycles. The zero-order valence-electron chi connectivity index (χ0n) is 17.2. The van der Waals surface area contributed by atoms with Crippen LogP contribution in [0.25, 0.3) is 0 Å². The molecule has 0 radical (unpaired) electrons. The van der Waals surface area contributed by atoms with E-state index in [1.807, 2.05) is 13.0 Å². The summed E-state index contributed by atoms with van der Waals surface area (Å²) in [5, 5.41) is 31.9. The maximum atomic E-state index is 12.9. The van der Waals surface area contributed by atoms with Crippen LogP contribution in [0.1, 0.15) is 53.9 Å². The second-order valence-electron chi connectivity index (χ2n) is 8.14. The predicted octanol–water partition coefficient (Wildman–Crippen LogP) is 3.31. The van der Waals surface area contributed by atoms with Crippen LogP contribution < -0.4 is 5.32 Å². The molecule has 0 saturated carbocycles. The summed E-state index contributed by atoms with van der Waals surface area (Å²) in [5.41, 5.74) is 0.218. The van der Waals surface area contributed by atoms with Crippen LogP contribution in [0.4, 0.5) is 13.2 Å². The Kier molecular flexibility index (Phi) is 5.71. The molecule has 3 aromatic rings. The van der Waals surface area contributed by atoms with E-state index in [1.165, 1.54) is 12.1 Å². The molecule has 4 rings (SSSR count). The minimum absolute atomic E-state index is 0.0890. The average Bonchev–Trinajstić information content (AvgIpc) is 3.22. The molecule has 166 valence electrons. The highest BCUT2D eigenvalue weighted by atomic mass is 19.4. The van der Waals surface area contributed by atoms with Crippen molar-refractivity contribution in [1.82, 2.24) is 25.3 Å². The molecule has 10 heteroatoms. The van der Waals surface area contributed by atoms with Gasteiger partial charge in [0.05, 0.1) is 35.6 Å². The smallest absolute Gasteiger partial charge is 0.385 e. The summed E-state index contributed by atoms with van der Waals surface area (Å²) in [7, 11) is 0. The summed E-state index contributed by atoms with van der Waals surface area (Å²) in [6.45, 7) is 2.32. The minimum Gasteiger partial charge on any atom is -0.385 e. The molecular weight excluding hydrogens is 421 g/mol. The topological polar surface area (TPSA) is 99.7 Å². The summed E-state index contributed by atoms with van der Waals surface area (Å²) in [6, 6.07) is 9.65. The molecule has 3 atom stereocenters. The van der Waals surface area contributed by atoms with Crippen molar-refractivity contribution in [2.75, 3.05) is 0 Å². The Morgan fingerprint density at radius 1 is 1.22 bits per heavy atom. The number of pyridine rings is 1. The summed E-state index contributed by atoms with van der Waals surface area (Å²) in [5.74, 6) is 0. The maximum absolute atomic E-state index is 12.9. The van der Waals surface area contributed by atoms with Gasteiger partial charge in [-0.15, -0.1) is 5.10 Å². The lowest BCUT2D eigenvalue weighted by molar-refractivity contribution is -0.137. The van der Waals surface area contributed by atoms with E-state index in [0.717, 1.165) is 17.7 Å². The summed E-state index contributed by atoms with van der Waals surface area (Å²) in [6.07, 6.45) is -0.445. The third-order valence-electron chi connectivity index (χ3n) is 5.62. The van der Waals surface area contributed by atoms with Crippen LogP contribution in [0, 0.1) is 11.3 Å². The lowest BCUT2D eigenvalue weighted by atomic mass is 9.78. The molecule has 2 aromatic heterocycles. The second kappa shape index (κ2) is 8.33. The Bertz CT molecular complexity index is 1120. The van der Waals surface area contributed by atoms with E-state index in [2.05, 4.69) is 20.6 Å². The molecule has 1 aliphatic rings. The number of nitrogens with zero attached hydrogens (tertiary/aromatic N) is 5. The number of benzene rings is 1. The Balaban J connectivity index is 1.51. The minimum atomic E-state index is -4.42. The van der Waals surface area contributed by atoms with Gasteiger partial charge in [-0.3, -0.25) is 0 Å². The van der Waals surface area contributed by atoms with E-state index in [-0.39, 0.29) is 18.5 Å². The van der Waals surface area contributed by atoms with Gasteiger partial charge in [0, 0.05) is 18.7 Å². The van der Waals surface area contributed by atoms with Gasteiger partial charge in [-0.1, -0.05) is 23.4 Å². The highest BCUT2D eigenvalue weighted by Crippen LogP contribution is 2.40. The van der Waals surface area contributed by atoms with Gasteiger partial charge in [0.25, 0.3) is 0 Å². The quantitative estimate of drug-likeness (QED) is 0.643. The van der Waals surface area contributed by atoms with Crippen molar-refractivity contribution < 1.29 is 18.3 Å². The first-order valence-electron chi connectivity index (χ1n) is 10.1. The fraction of sp³-hybridized carbons (Fsp3) is 0.364. The van der Waals surface area contributed by atoms with E-state index < -0.39 is 17.3 Å². The van der Waals surface area contributed by atoms with Gasteiger partial charge >= 0.3 is 6.18 Å². The molecule has 1 unspecified atom stereocenters. The van der Waals surface area contributed by atoms with Gasteiger partial charge in [-0.05, 0) is 42.7 Å². The number of hydrogen-bond donors (Lipinski definition) is 2. The third-order valence-corrected chi connectivity index (χ3v) is 5.62. The zero-order chi connectivity index (χ0) is 22.9. The average molecular weight is 442 g/mol. The van der Waals surface area contributed by atoms with Crippen molar-refractivity contribution in [3.8, 4) is 6.07 Å². The molecule has 0 aliphatic carbocycles. The number of nitriles is 1. The molecular formula is C22H21F3N6O. The van der Waals surface area contributed by atoms with Crippen molar-refractivity contribution in [2.24, 2.45) is 0 Å². The Hall–Kier alpha value is -3.29. The lowest BCUT2D eigenvalue weighted by Gasteiger charge is -2.40. The fourth-order valence-electron chi connectivity index (χ4n) is 4.11. The molecule has 1 saturated heterocycles. The van der Waals surface area contributed by atoms with Gasteiger partial charge in [-0.25, -0.2) is 9.67 Å². The molecule has 32 heavy (non-hydrogen) atoms. The summed E-state index contributed by atoms with van der Waals surface area (Å²) >= 11 is 0. The lowest BCUT2D eigenvalue weighted by Crippen LogP contribution is -2.47. The molecule has 0 amide bonds. The molecule has 0 spiro atoms. The van der Waals surface area contributed by atoms with Crippen LogP contribution in [-0.2, 0) is 18.3 Å². The first-order valence-corrected chi connectivity index (χ1v) is 10.1. The number of rotatable bonds is 4. The monoisotopic (exact) mass is 442 g/mol. The van der Waals surface area contributed by atoms with E-state index in [9.17, 15) is 18.3 Å². The molecule has 7 nitrogen and oxygen atoms in total. The number of aliphatic hydroxyl groups is 1. The van der Waals surface area contributed by atoms with Crippen molar-refractivity contribution >= 4 is 0 Å². The fourth-order valence-corrected chi connectivity index (χ4v) is 4.11. The van der Waals surface area contributed by atoms with Gasteiger partial charge in [0.15, 0.2) is 0 Å². The standard InChI is InChI=1S/C22H21F3N6O/c1-14-8-21(32,16-3-5-17(6-4-16)22(23,24)25)9-19(28-14)20-13-31(30-29-20)12-15-2-7-18(10-26)27-11-15/h2-7,11,13-14,19,28,32H,8-9,12H2,1H3/t14-,19-,21?/m0/s1. The van der Waals surface area contributed by atoms with E-state index in [4.69, 9.17) is 5.26 Å². The first kappa shape index (κ1) is 21.9. The number of alkyl halides is 3. The number of hydrogen-bond acceptors (Lipinski definition) is 6. The molecule has 3 heterocycles. The number of aromatic nitrogens is 4. The molecule has 1 fully saturated rings. The largest absolute Gasteiger partial charge is 0.416 e. The van der Waals surface area contributed by atoms with Crippen LogP contribution in [0.3, 0.4) is 0 Å². The number of piperidine rings is 1. The van der Waals surface area contributed by atoms with Crippen LogP contribution in [-0.4, -0.2) is 31.1 Å². The number of halogens is 3.